The van der Waals surface area contributed by atoms with E-state index in [4.69, 9.17) is 10.8 Å². The van der Waals surface area contributed by atoms with Gasteiger partial charge in [0.25, 0.3) is 0 Å². The largest absolute Gasteiger partial charge is 0.481 e. The number of rotatable bonds is 3. The topological polar surface area (TPSA) is 75.3 Å². The lowest BCUT2D eigenvalue weighted by Crippen LogP contribution is -2.44. The number of piperidine rings is 1. The van der Waals surface area contributed by atoms with Gasteiger partial charge in [-0.05, 0) is 31.8 Å². The van der Waals surface area contributed by atoms with Gasteiger partial charge < -0.3 is 16.2 Å². The molecule has 1 saturated heterocycles. The van der Waals surface area contributed by atoms with E-state index in [0.29, 0.717) is 12.3 Å². The maximum atomic E-state index is 10.3. The highest BCUT2D eigenvalue weighted by Gasteiger charge is 2.21. The molecule has 1 aliphatic heterocycles. The Labute approximate surface area is 72.1 Å². The molecule has 0 spiro atoms. The molecule has 0 aromatic heterocycles. The first-order valence-corrected chi connectivity index (χ1v) is 4.38. The summed E-state index contributed by atoms with van der Waals surface area (Å²) in [5.41, 5.74) is 5.83. The van der Waals surface area contributed by atoms with E-state index in [0.717, 1.165) is 19.5 Å². The second-order valence-corrected chi connectivity index (χ2v) is 3.35. The van der Waals surface area contributed by atoms with Gasteiger partial charge in [0, 0.05) is 12.5 Å². The van der Waals surface area contributed by atoms with Crippen molar-refractivity contribution in [3.8, 4) is 0 Å². The second-order valence-electron chi connectivity index (χ2n) is 3.35. The van der Waals surface area contributed by atoms with Crippen molar-refractivity contribution in [2.75, 3.05) is 13.1 Å². The fraction of sp³-hybridized carbons (Fsp3) is 0.875. The van der Waals surface area contributed by atoms with Crippen LogP contribution in [0.25, 0.3) is 0 Å². The van der Waals surface area contributed by atoms with Crippen LogP contribution >= 0.6 is 0 Å². The summed E-state index contributed by atoms with van der Waals surface area (Å²) in [5.74, 6) is -0.386. The highest BCUT2D eigenvalue weighted by atomic mass is 16.4. The van der Waals surface area contributed by atoms with Crippen LogP contribution in [0.15, 0.2) is 0 Å². The molecule has 0 aromatic rings. The van der Waals surface area contributed by atoms with Crippen LogP contribution in [0.3, 0.4) is 0 Å². The van der Waals surface area contributed by atoms with E-state index < -0.39 is 5.97 Å². The zero-order chi connectivity index (χ0) is 8.97. The molecule has 1 aliphatic rings. The lowest BCUT2D eigenvalue weighted by atomic mass is 9.90. The molecule has 0 amide bonds. The molecule has 1 heterocycles. The molecule has 1 fully saturated rings. The summed E-state index contributed by atoms with van der Waals surface area (Å²) in [4.78, 5) is 10.3. The summed E-state index contributed by atoms with van der Waals surface area (Å²) in [6, 6.07) is 0.186. The molecule has 12 heavy (non-hydrogen) atoms. The van der Waals surface area contributed by atoms with Gasteiger partial charge in [0.05, 0.1) is 0 Å². The molecule has 0 aliphatic carbocycles. The predicted octanol–water partition coefficient (Wildman–Crippen LogP) is -0.212. The van der Waals surface area contributed by atoms with Crippen LogP contribution in [0.4, 0.5) is 0 Å². The quantitative estimate of drug-likeness (QED) is 0.550. The Hall–Kier alpha value is -0.610. The summed E-state index contributed by atoms with van der Waals surface area (Å²) < 4.78 is 0. The molecule has 0 bridgehead atoms. The van der Waals surface area contributed by atoms with Crippen molar-refractivity contribution in [3.05, 3.63) is 0 Å². The first-order valence-electron chi connectivity index (χ1n) is 4.38. The smallest absolute Gasteiger partial charge is 0.303 e. The number of aliphatic carboxylic acids is 1. The van der Waals surface area contributed by atoms with E-state index in [9.17, 15) is 4.79 Å². The number of hydrogen-bond donors (Lipinski definition) is 3. The average molecular weight is 172 g/mol. The Morgan fingerprint density at radius 3 is 3.00 bits per heavy atom. The molecule has 2 atom stereocenters. The summed E-state index contributed by atoms with van der Waals surface area (Å²) in [6.45, 7) is 1.83. The zero-order valence-electron chi connectivity index (χ0n) is 7.12. The predicted molar refractivity (Wildman–Crippen MR) is 45.8 cm³/mol. The maximum absolute atomic E-state index is 10.3. The fourth-order valence-corrected chi connectivity index (χ4v) is 1.57. The van der Waals surface area contributed by atoms with Gasteiger partial charge in [-0.3, -0.25) is 4.79 Å². The molecule has 0 radical (unpaired) electrons. The van der Waals surface area contributed by atoms with Crippen LogP contribution in [-0.4, -0.2) is 30.2 Å². The molecular formula is C8H16N2O2. The van der Waals surface area contributed by atoms with Crippen molar-refractivity contribution in [2.24, 2.45) is 11.7 Å². The van der Waals surface area contributed by atoms with Crippen LogP contribution in [0.2, 0.25) is 0 Å². The molecule has 4 nitrogen and oxygen atoms in total. The third-order valence-corrected chi connectivity index (χ3v) is 2.40. The maximum Gasteiger partial charge on any atom is 0.303 e. The van der Waals surface area contributed by atoms with Gasteiger partial charge in [-0.1, -0.05) is 0 Å². The van der Waals surface area contributed by atoms with Gasteiger partial charge in [0.1, 0.15) is 0 Å². The summed E-state index contributed by atoms with van der Waals surface area (Å²) in [5, 5.41) is 11.7. The Morgan fingerprint density at radius 2 is 2.42 bits per heavy atom. The number of hydrogen-bond acceptors (Lipinski definition) is 3. The Morgan fingerprint density at radius 1 is 1.67 bits per heavy atom. The van der Waals surface area contributed by atoms with E-state index in [2.05, 4.69) is 5.32 Å². The molecule has 1 rings (SSSR count). The minimum atomic E-state index is -0.729. The summed E-state index contributed by atoms with van der Waals surface area (Å²) in [7, 11) is 0. The van der Waals surface area contributed by atoms with Crippen LogP contribution < -0.4 is 11.1 Å². The van der Waals surface area contributed by atoms with Crippen molar-refractivity contribution in [3.63, 3.8) is 0 Å². The number of carboxylic acids is 1. The first kappa shape index (κ1) is 9.48. The van der Waals surface area contributed by atoms with Gasteiger partial charge in [-0.2, -0.15) is 0 Å². The highest BCUT2D eigenvalue weighted by Crippen LogP contribution is 2.14. The Kier molecular flexibility index (Phi) is 3.49. The molecule has 4 N–H and O–H groups in total. The lowest BCUT2D eigenvalue weighted by Gasteiger charge is -2.28. The van der Waals surface area contributed by atoms with Crippen molar-refractivity contribution in [1.82, 2.24) is 5.32 Å². The van der Waals surface area contributed by atoms with Gasteiger partial charge in [-0.15, -0.1) is 0 Å². The normalized spacial score (nSPS) is 30.1. The van der Waals surface area contributed by atoms with Crippen LogP contribution in [0.5, 0.6) is 0 Å². The van der Waals surface area contributed by atoms with E-state index in [1.807, 2.05) is 0 Å². The van der Waals surface area contributed by atoms with E-state index in [-0.39, 0.29) is 12.5 Å². The summed E-state index contributed by atoms with van der Waals surface area (Å²) in [6.07, 6.45) is 1.90. The number of nitrogens with two attached hydrogens (primary N) is 1. The van der Waals surface area contributed by atoms with Crippen LogP contribution in [-0.2, 0) is 4.79 Å². The second kappa shape index (κ2) is 4.42. The Bertz CT molecular complexity index is 161. The number of carbonyl (C=O) groups is 1. The molecule has 70 valence electrons. The molecular weight excluding hydrogens is 156 g/mol. The Balaban J connectivity index is 2.24. The minimum Gasteiger partial charge on any atom is -0.481 e. The number of carboxylic acid groups (broad SMARTS) is 1. The van der Waals surface area contributed by atoms with Gasteiger partial charge in [0.15, 0.2) is 0 Å². The summed E-state index contributed by atoms with van der Waals surface area (Å²) >= 11 is 0. The van der Waals surface area contributed by atoms with E-state index in [1.54, 1.807) is 0 Å². The van der Waals surface area contributed by atoms with Crippen LogP contribution in [0.1, 0.15) is 19.3 Å². The molecule has 4 heteroatoms. The van der Waals surface area contributed by atoms with Crippen molar-refractivity contribution >= 4 is 5.97 Å². The minimum absolute atomic E-state index is 0.186. The van der Waals surface area contributed by atoms with Crippen molar-refractivity contribution in [1.29, 1.82) is 0 Å². The van der Waals surface area contributed by atoms with Gasteiger partial charge >= 0.3 is 5.97 Å². The van der Waals surface area contributed by atoms with Crippen molar-refractivity contribution < 1.29 is 9.90 Å². The van der Waals surface area contributed by atoms with Crippen LogP contribution in [0, 0.1) is 5.92 Å². The van der Waals surface area contributed by atoms with Gasteiger partial charge in [0.2, 0.25) is 0 Å². The average Bonchev–Trinajstić information content (AvgIpc) is 2.03. The molecule has 0 aromatic carbocycles. The molecule has 2 unspecified atom stereocenters. The lowest BCUT2D eigenvalue weighted by molar-refractivity contribution is -0.137. The van der Waals surface area contributed by atoms with E-state index in [1.165, 1.54) is 0 Å². The first-order chi connectivity index (χ1) is 5.70. The van der Waals surface area contributed by atoms with Crippen molar-refractivity contribution in [2.45, 2.75) is 25.3 Å². The fourth-order valence-electron chi connectivity index (χ4n) is 1.57. The zero-order valence-corrected chi connectivity index (χ0v) is 7.12. The third-order valence-electron chi connectivity index (χ3n) is 2.40. The third kappa shape index (κ3) is 2.79. The van der Waals surface area contributed by atoms with E-state index >= 15 is 0 Å². The SMILES string of the molecule is NC1CCNCC1CCC(=O)O. The highest BCUT2D eigenvalue weighted by molar-refractivity contribution is 5.66. The van der Waals surface area contributed by atoms with Gasteiger partial charge in [-0.25, -0.2) is 0 Å². The standard InChI is InChI=1S/C8H16N2O2/c9-7-3-4-10-5-6(7)1-2-8(11)12/h6-7,10H,1-5,9H2,(H,11,12). The number of nitrogens with one attached hydrogen (secondary N) is 1. The monoisotopic (exact) mass is 172 g/mol. The molecule has 0 saturated carbocycles.